The number of aliphatic hydroxyl groups is 2. The number of esters is 1. The highest BCUT2D eigenvalue weighted by molar-refractivity contribution is 6.18. The molecule has 2 unspecified atom stereocenters. The Morgan fingerprint density at radius 1 is 1.04 bits per heavy atom. The molecule has 4 aliphatic carbocycles. The number of allylic oxidation sites excluding steroid dienone is 3. The molecule has 2 aromatic carbocycles. The number of Topliss-reactive ketones (excluding diaryl/α,β-unsaturated/α-hetero) is 1. The van der Waals surface area contributed by atoms with E-state index in [9.17, 15) is 19.8 Å². The molecule has 294 valence electrons. The first-order chi connectivity index (χ1) is 26.4. The van der Waals surface area contributed by atoms with E-state index in [4.69, 9.17) is 9.47 Å². The standard InChI is InChI=1S/C49H57NO6/c1-27(2)40-43(54)38-37-30(33-25-45(3,4)56-46(5,6)39(33)42(37)53)24-31-32-23-29-18-19-34-47(7,21-14-13-17-36(52)55-26-28-15-11-10-12-16-28)35(51)20-22-48(34,8)49(29,9)44(32)50(40)41(31)38/h10-17,21,24-25,29,34-35,39-40,42,51,53H,1,18-20,22-23,26H2,2-9H3/b17-13+,21-14+/t29?,34-,35-,39?,40-,42+,47-,48-,49+/m0/s1. The summed E-state index contributed by atoms with van der Waals surface area (Å²) in [7, 11) is 0. The third-order valence-electron chi connectivity index (χ3n) is 15.6. The molecule has 7 heteroatoms. The van der Waals surface area contributed by atoms with Gasteiger partial charge in [-0.15, -0.1) is 0 Å². The summed E-state index contributed by atoms with van der Waals surface area (Å²) in [6.45, 7) is 21.9. The second-order valence-corrected chi connectivity index (χ2v) is 19.6. The van der Waals surface area contributed by atoms with Gasteiger partial charge >= 0.3 is 5.97 Å². The molecule has 9 rings (SSSR count). The van der Waals surface area contributed by atoms with Crippen LogP contribution in [0.25, 0.3) is 16.5 Å². The first-order valence-electron chi connectivity index (χ1n) is 20.7. The van der Waals surface area contributed by atoms with Crippen LogP contribution in [-0.2, 0) is 32.7 Å². The molecule has 9 atom stereocenters. The molecule has 56 heavy (non-hydrogen) atoms. The Morgan fingerprint density at radius 3 is 2.48 bits per heavy atom. The van der Waals surface area contributed by atoms with Crippen LogP contribution in [0.5, 0.6) is 0 Å². The number of ketones is 1. The van der Waals surface area contributed by atoms with Gasteiger partial charge in [-0.25, -0.2) is 4.79 Å². The third-order valence-corrected chi connectivity index (χ3v) is 15.6. The number of nitrogens with zero attached hydrogens (tertiary/aromatic N) is 1. The predicted molar refractivity (Wildman–Crippen MR) is 219 cm³/mol. The van der Waals surface area contributed by atoms with Crippen LogP contribution in [0.15, 0.2) is 78.9 Å². The van der Waals surface area contributed by atoms with Crippen molar-refractivity contribution >= 4 is 28.2 Å². The summed E-state index contributed by atoms with van der Waals surface area (Å²) in [6, 6.07) is 11.4. The normalized spacial score (nSPS) is 36.0. The Labute approximate surface area is 331 Å². The van der Waals surface area contributed by atoms with E-state index in [1.54, 1.807) is 6.08 Å². The van der Waals surface area contributed by atoms with Gasteiger partial charge in [0.2, 0.25) is 0 Å². The van der Waals surface area contributed by atoms with Gasteiger partial charge in [0.1, 0.15) is 12.6 Å². The molecule has 2 aliphatic heterocycles. The fraction of sp³-hybridized carbons (Fsp3) is 0.510. The van der Waals surface area contributed by atoms with E-state index < -0.39 is 40.8 Å². The van der Waals surface area contributed by atoms with Crippen molar-refractivity contribution in [3.8, 4) is 0 Å². The lowest BCUT2D eigenvalue weighted by Crippen LogP contribution is -2.62. The summed E-state index contributed by atoms with van der Waals surface area (Å²) in [5.74, 6) is -0.130. The summed E-state index contributed by atoms with van der Waals surface area (Å²) >= 11 is 0. The van der Waals surface area contributed by atoms with Gasteiger partial charge in [0.15, 0.2) is 5.78 Å². The molecule has 0 radical (unpaired) electrons. The second kappa shape index (κ2) is 12.2. The van der Waals surface area contributed by atoms with Crippen molar-refractivity contribution in [3.05, 3.63) is 112 Å². The average Bonchev–Trinajstić information content (AvgIpc) is 3.80. The van der Waals surface area contributed by atoms with E-state index in [0.29, 0.717) is 17.9 Å². The highest BCUT2D eigenvalue weighted by Gasteiger charge is 2.67. The van der Waals surface area contributed by atoms with Crippen molar-refractivity contribution in [1.29, 1.82) is 0 Å². The van der Waals surface area contributed by atoms with Crippen molar-refractivity contribution in [3.63, 3.8) is 0 Å². The molecule has 0 spiro atoms. The smallest absolute Gasteiger partial charge is 0.331 e. The Bertz CT molecular complexity index is 2310. The number of carbonyl (C=O) groups excluding carboxylic acids is 2. The summed E-state index contributed by atoms with van der Waals surface area (Å²) in [5, 5.41) is 25.2. The lowest BCUT2D eigenvalue weighted by Gasteiger charge is -2.64. The molecule has 2 fully saturated rings. The monoisotopic (exact) mass is 755 g/mol. The van der Waals surface area contributed by atoms with Gasteiger partial charge in [-0.3, -0.25) is 4.79 Å². The number of benzene rings is 2. The lowest BCUT2D eigenvalue weighted by atomic mass is 9.40. The van der Waals surface area contributed by atoms with Crippen molar-refractivity contribution in [2.75, 3.05) is 0 Å². The molecule has 2 saturated carbocycles. The van der Waals surface area contributed by atoms with Crippen molar-refractivity contribution in [2.24, 2.45) is 28.6 Å². The Kier molecular flexibility index (Phi) is 8.20. The van der Waals surface area contributed by atoms with Gasteiger partial charge in [0.25, 0.3) is 0 Å². The molecule has 1 aromatic heterocycles. The molecular formula is C49H57NO6. The molecule has 0 bridgehead atoms. The van der Waals surface area contributed by atoms with Crippen LogP contribution in [-0.4, -0.2) is 43.8 Å². The fourth-order valence-corrected chi connectivity index (χ4v) is 13.3. The van der Waals surface area contributed by atoms with Crippen molar-refractivity contribution in [1.82, 2.24) is 4.57 Å². The topological polar surface area (TPSA) is 98.0 Å². The van der Waals surface area contributed by atoms with Gasteiger partial charge in [0, 0.05) is 39.5 Å². The van der Waals surface area contributed by atoms with Crippen molar-refractivity contribution in [2.45, 2.75) is 129 Å². The number of hydrogen-bond acceptors (Lipinski definition) is 6. The minimum Gasteiger partial charge on any atom is -0.458 e. The minimum absolute atomic E-state index is 0.0268. The largest absolute Gasteiger partial charge is 0.458 e. The zero-order chi connectivity index (χ0) is 39.9. The molecule has 3 aromatic rings. The van der Waals surface area contributed by atoms with Crippen LogP contribution in [0, 0.1) is 28.6 Å². The van der Waals surface area contributed by atoms with Gasteiger partial charge in [-0.05, 0) is 118 Å². The number of aromatic nitrogens is 1. The van der Waals surface area contributed by atoms with Crippen LogP contribution in [0.3, 0.4) is 0 Å². The van der Waals surface area contributed by atoms with Gasteiger partial charge in [-0.1, -0.05) is 81.5 Å². The highest BCUT2D eigenvalue weighted by atomic mass is 16.5. The van der Waals surface area contributed by atoms with E-state index >= 15 is 0 Å². The van der Waals surface area contributed by atoms with Crippen LogP contribution < -0.4 is 0 Å². The van der Waals surface area contributed by atoms with E-state index in [1.165, 1.54) is 17.3 Å². The number of fused-ring (bicyclic) bond motifs is 11. The van der Waals surface area contributed by atoms with E-state index in [2.05, 4.69) is 77.8 Å². The molecule has 2 N–H and O–H groups in total. The maximum absolute atomic E-state index is 14.9. The minimum atomic E-state index is -0.861. The molecule has 6 aliphatic rings. The average molecular weight is 756 g/mol. The van der Waals surface area contributed by atoms with Crippen LogP contribution >= 0.6 is 0 Å². The maximum Gasteiger partial charge on any atom is 0.331 e. The zero-order valence-electron chi connectivity index (χ0n) is 34.2. The van der Waals surface area contributed by atoms with Crippen molar-refractivity contribution < 1.29 is 29.3 Å². The quantitative estimate of drug-likeness (QED) is 0.113. The number of rotatable bonds is 6. The van der Waals surface area contributed by atoms with E-state index in [1.807, 2.05) is 43.3 Å². The Hall–Kier alpha value is -4.04. The summed E-state index contributed by atoms with van der Waals surface area (Å²) < 4.78 is 14.4. The summed E-state index contributed by atoms with van der Waals surface area (Å²) in [5.41, 5.74) is 6.58. The Morgan fingerprint density at radius 2 is 1.77 bits per heavy atom. The first kappa shape index (κ1) is 37.5. The van der Waals surface area contributed by atoms with E-state index in [0.717, 1.165) is 64.4 Å². The molecule has 0 amide bonds. The number of hydrogen-bond donors (Lipinski definition) is 2. The van der Waals surface area contributed by atoms with Crippen LogP contribution in [0.1, 0.15) is 132 Å². The summed E-state index contributed by atoms with van der Waals surface area (Å²) in [6.07, 6.45) is 12.4. The van der Waals surface area contributed by atoms with Gasteiger partial charge < -0.3 is 24.3 Å². The Balaban J connectivity index is 1.13. The van der Waals surface area contributed by atoms with Gasteiger partial charge in [-0.2, -0.15) is 0 Å². The van der Waals surface area contributed by atoms with Gasteiger partial charge in [0.05, 0.1) is 34.5 Å². The van der Waals surface area contributed by atoms with E-state index in [-0.39, 0.29) is 35.1 Å². The molecule has 0 saturated heterocycles. The van der Waals surface area contributed by atoms with Crippen LogP contribution in [0.2, 0.25) is 0 Å². The fourth-order valence-electron chi connectivity index (χ4n) is 13.3. The molecule has 7 nitrogen and oxygen atoms in total. The maximum atomic E-state index is 14.9. The highest BCUT2D eigenvalue weighted by Crippen LogP contribution is 2.71. The summed E-state index contributed by atoms with van der Waals surface area (Å²) in [4.78, 5) is 27.5. The zero-order valence-corrected chi connectivity index (χ0v) is 34.2. The number of aliphatic hydroxyl groups excluding tert-OH is 2. The predicted octanol–water partition coefficient (Wildman–Crippen LogP) is 9.45. The third kappa shape index (κ3) is 4.92. The lowest BCUT2D eigenvalue weighted by molar-refractivity contribution is -0.144. The second-order valence-electron chi connectivity index (χ2n) is 19.6. The molecular weight excluding hydrogens is 699 g/mol. The first-order valence-corrected chi connectivity index (χ1v) is 20.7. The molecule has 3 heterocycles. The SMILES string of the molecule is C=C(C)[C@H]1C(=O)c2c3c(cc4c5c(n1c24)[C@@]1(C)C(CC[C@H]2[C@](C)(/C=C/C=C/C(=O)OCc4ccccc4)[C@@H](O)CC[C@@]21C)C5)C1=CC(C)(C)OC(C)(C)C1[C@@H]3O. The number of carbonyl (C=O) groups is 2. The van der Waals surface area contributed by atoms with Crippen LogP contribution in [0.4, 0.5) is 0 Å². The number of ether oxygens (including phenoxy) is 2.